The number of benzene rings is 2. The van der Waals surface area contributed by atoms with Crippen LogP contribution in [0.3, 0.4) is 0 Å². The maximum absolute atomic E-state index is 13.3. The van der Waals surface area contributed by atoms with Crippen LogP contribution in [0.4, 0.5) is 14.5 Å². The van der Waals surface area contributed by atoms with Crippen molar-refractivity contribution in [3.63, 3.8) is 0 Å². The second-order valence-corrected chi connectivity index (χ2v) is 6.52. The van der Waals surface area contributed by atoms with Crippen molar-refractivity contribution in [1.82, 2.24) is 5.32 Å². The molecule has 0 radical (unpaired) electrons. The van der Waals surface area contributed by atoms with E-state index < -0.39 is 11.6 Å². The van der Waals surface area contributed by atoms with E-state index in [0.717, 1.165) is 28.9 Å². The number of anilines is 1. The molecule has 0 aromatic heterocycles. The number of hydrogen-bond donors (Lipinski definition) is 2. The van der Waals surface area contributed by atoms with Crippen LogP contribution in [-0.4, -0.2) is 12.5 Å². The lowest BCUT2D eigenvalue weighted by molar-refractivity contribution is -0.115. The first kappa shape index (κ1) is 19.1. The van der Waals surface area contributed by atoms with E-state index in [1.54, 1.807) is 6.92 Å². The fourth-order valence-electron chi connectivity index (χ4n) is 2.67. The van der Waals surface area contributed by atoms with Gasteiger partial charge < -0.3 is 10.6 Å². The van der Waals surface area contributed by atoms with Gasteiger partial charge in [-0.05, 0) is 48.6 Å². The highest BCUT2D eigenvalue weighted by Gasteiger charge is 2.14. The van der Waals surface area contributed by atoms with Gasteiger partial charge in [0.15, 0.2) is 11.6 Å². The smallest absolute Gasteiger partial charge is 0.238 e. The molecule has 5 heteroatoms. The Hall–Kier alpha value is -2.27. The maximum atomic E-state index is 13.3. The summed E-state index contributed by atoms with van der Waals surface area (Å²) < 4.78 is 26.3. The van der Waals surface area contributed by atoms with Crippen LogP contribution >= 0.6 is 0 Å². The molecule has 0 bridgehead atoms. The summed E-state index contributed by atoms with van der Waals surface area (Å²) >= 11 is 0. The van der Waals surface area contributed by atoms with Gasteiger partial charge in [-0.1, -0.05) is 38.1 Å². The van der Waals surface area contributed by atoms with E-state index >= 15 is 0 Å². The van der Waals surface area contributed by atoms with E-state index in [1.165, 1.54) is 6.07 Å². The van der Waals surface area contributed by atoms with Crippen LogP contribution in [0, 0.1) is 18.6 Å². The van der Waals surface area contributed by atoms with Gasteiger partial charge in [0.05, 0.1) is 6.54 Å². The lowest BCUT2D eigenvalue weighted by Crippen LogP contribution is -2.30. The summed E-state index contributed by atoms with van der Waals surface area (Å²) in [6.45, 7) is 7.99. The fourth-order valence-corrected chi connectivity index (χ4v) is 2.67. The molecule has 3 nitrogen and oxygen atoms in total. The van der Waals surface area contributed by atoms with Crippen LogP contribution in [0.25, 0.3) is 0 Å². The minimum absolute atomic E-state index is 0.0754. The number of carbonyl (C=O) groups is 1. The van der Waals surface area contributed by atoms with Crippen molar-refractivity contribution in [3.8, 4) is 0 Å². The van der Waals surface area contributed by atoms with Crippen LogP contribution in [0.2, 0.25) is 0 Å². The Kier molecular flexibility index (Phi) is 6.26. The van der Waals surface area contributed by atoms with Gasteiger partial charge in [-0.3, -0.25) is 4.79 Å². The molecule has 2 N–H and O–H groups in total. The van der Waals surface area contributed by atoms with Crippen molar-refractivity contribution in [2.75, 3.05) is 11.9 Å². The van der Waals surface area contributed by atoms with E-state index in [2.05, 4.69) is 24.5 Å². The molecule has 0 unspecified atom stereocenters. The highest BCUT2D eigenvalue weighted by molar-refractivity contribution is 5.94. The lowest BCUT2D eigenvalue weighted by atomic mass is 9.98. The van der Waals surface area contributed by atoms with Crippen LogP contribution < -0.4 is 10.6 Å². The summed E-state index contributed by atoms with van der Waals surface area (Å²) in [5, 5.41) is 5.98. The van der Waals surface area contributed by atoms with E-state index in [0.29, 0.717) is 11.5 Å². The third-order valence-corrected chi connectivity index (χ3v) is 4.20. The minimum Gasteiger partial charge on any atom is -0.324 e. The monoisotopic (exact) mass is 346 g/mol. The van der Waals surface area contributed by atoms with Crippen molar-refractivity contribution in [2.45, 2.75) is 39.7 Å². The molecule has 0 aliphatic heterocycles. The van der Waals surface area contributed by atoms with E-state index in [9.17, 15) is 13.6 Å². The van der Waals surface area contributed by atoms with Gasteiger partial charge in [0.2, 0.25) is 5.91 Å². The average molecular weight is 346 g/mol. The highest BCUT2D eigenvalue weighted by Crippen LogP contribution is 2.27. The molecule has 2 aromatic rings. The summed E-state index contributed by atoms with van der Waals surface area (Å²) in [6, 6.07) is 9.40. The standard InChI is InChI=1S/C20H24F2N2O/c1-12(2)16-7-5-6-13(3)20(16)24-19(25)11-23-14(4)15-8-9-17(21)18(22)10-15/h5-10,12,14,23H,11H2,1-4H3,(H,24,25)/t14-/m1/s1. The molecule has 1 atom stereocenters. The molecule has 0 fully saturated rings. The summed E-state index contributed by atoms with van der Waals surface area (Å²) in [7, 11) is 0. The van der Waals surface area contributed by atoms with Gasteiger partial charge in [0.1, 0.15) is 0 Å². The fraction of sp³-hybridized carbons (Fsp3) is 0.350. The minimum atomic E-state index is -0.892. The van der Waals surface area contributed by atoms with Crippen LogP contribution in [0.15, 0.2) is 36.4 Å². The van der Waals surface area contributed by atoms with E-state index in [1.807, 2.05) is 25.1 Å². The summed E-state index contributed by atoms with van der Waals surface area (Å²) in [5.41, 5.74) is 3.52. The molecule has 0 saturated carbocycles. The van der Waals surface area contributed by atoms with Crippen molar-refractivity contribution in [3.05, 3.63) is 64.7 Å². The number of para-hydroxylation sites is 1. The van der Waals surface area contributed by atoms with Crippen molar-refractivity contribution < 1.29 is 13.6 Å². The van der Waals surface area contributed by atoms with Crippen molar-refractivity contribution in [2.24, 2.45) is 0 Å². The first-order valence-corrected chi connectivity index (χ1v) is 8.37. The number of aryl methyl sites for hydroxylation is 1. The maximum Gasteiger partial charge on any atom is 0.238 e. The Labute approximate surface area is 147 Å². The van der Waals surface area contributed by atoms with Crippen molar-refractivity contribution >= 4 is 11.6 Å². The highest BCUT2D eigenvalue weighted by atomic mass is 19.2. The Bertz CT molecular complexity index is 759. The number of carbonyl (C=O) groups excluding carboxylic acids is 1. The third kappa shape index (κ3) is 4.86. The normalized spacial score (nSPS) is 12.3. The number of rotatable bonds is 6. The zero-order valence-corrected chi connectivity index (χ0v) is 15.0. The Morgan fingerprint density at radius 3 is 2.44 bits per heavy atom. The Morgan fingerprint density at radius 1 is 1.08 bits per heavy atom. The largest absolute Gasteiger partial charge is 0.324 e. The first-order valence-electron chi connectivity index (χ1n) is 8.37. The molecule has 0 saturated heterocycles. The van der Waals surface area contributed by atoms with Crippen LogP contribution in [-0.2, 0) is 4.79 Å². The second kappa shape index (κ2) is 8.21. The predicted octanol–water partition coefficient (Wildman–Crippen LogP) is 4.69. The number of halogens is 2. The zero-order valence-electron chi connectivity index (χ0n) is 15.0. The van der Waals surface area contributed by atoms with Crippen LogP contribution in [0.1, 0.15) is 49.4 Å². The van der Waals surface area contributed by atoms with Crippen LogP contribution in [0.5, 0.6) is 0 Å². The van der Waals surface area contributed by atoms with Gasteiger partial charge in [0, 0.05) is 11.7 Å². The lowest BCUT2D eigenvalue weighted by Gasteiger charge is -2.18. The number of amides is 1. The zero-order chi connectivity index (χ0) is 18.6. The quantitative estimate of drug-likeness (QED) is 0.797. The SMILES string of the molecule is Cc1cccc(C(C)C)c1NC(=O)CN[C@H](C)c1ccc(F)c(F)c1. The van der Waals surface area contributed by atoms with Gasteiger partial charge in [-0.15, -0.1) is 0 Å². The first-order chi connectivity index (χ1) is 11.8. The molecule has 25 heavy (non-hydrogen) atoms. The molecular weight excluding hydrogens is 322 g/mol. The van der Waals surface area contributed by atoms with Gasteiger partial charge in [0.25, 0.3) is 0 Å². The molecule has 134 valence electrons. The summed E-state index contributed by atoms with van der Waals surface area (Å²) in [5.74, 6) is -1.65. The molecule has 2 rings (SSSR count). The Morgan fingerprint density at radius 2 is 1.80 bits per heavy atom. The number of hydrogen-bond acceptors (Lipinski definition) is 2. The molecule has 0 aliphatic rings. The molecule has 0 heterocycles. The van der Waals surface area contributed by atoms with E-state index in [4.69, 9.17) is 0 Å². The molecule has 2 aromatic carbocycles. The number of nitrogens with one attached hydrogen (secondary N) is 2. The van der Waals surface area contributed by atoms with Crippen molar-refractivity contribution in [1.29, 1.82) is 0 Å². The summed E-state index contributed by atoms with van der Waals surface area (Å²) in [6.07, 6.45) is 0. The molecule has 1 amide bonds. The third-order valence-electron chi connectivity index (χ3n) is 4.20. The summed E-state index contributed by atoms with van der Waals surface area (Å²) in [4.78, 5) is 12.3. The molecule has 0 spiro atoms. The second-order valence-electron chi connectivity index (χ2n) is 6.52. The Balaban J connectivity index is 2.00. The van der Waals surface area contributed by atoms with Gasteiger partial charge in [-0.25, -0.2) is 8.78 Å². The average Bonchev–Trinajstić information content (AvgIpc) is 2.56. The molecule has 0 aliphatic carbocycles. The topological polar surface area (TPSA) is 41.1 Å². The van der Waals surface area contributed by atoms with E-state index in [-0.39, 0.29) is 18.5 Å². The van der Waals surface area contributed by atoms with Gasteiger partial charge in [-0.2, -0.15) is 0 Å². The predicted molar refractivity (Wildman–Crippen MR) is 96.7 cm³/mol. The molecular formula is C20H24F2N2O. The van der Waals surface area contributed by atoms with Gasteiger partial charge >= 0.3 is 0 Å².